The molecule has 0 aromatic rings. The zero-order valence-corrected chi connectivity index (χ0v) is 15.2. The Kier molecular flexibility index (Phi) is 6.45. The van der Waals surface area contributed by atoms with Gasteiger partial charge in [-0.25, -0.2) is 0 Å². The van der Waals surface area contributed by atoms with Crippen LogP contribution in [0.25, 0.3) is 0 Å². The standard InChI is InChI=1S/C18H34N2O2/c1-13(19-15(21)17(2,3)4)11-12-18(5,6)16(22)20-14-9-7-8-10-14/h13-14H,7-12H2,1-6H3,(H,19,21)(H,20,22). The zero-order chi connectivity index (χ0) is 17.0. The van der Waals surface area contributed by atoms with E-state index in [0.717, 1.165) is 25.7 Å². The molecule has 1 atom stereocenters. The summed E-state index contributed by atoms with van der Waals surface area (Å²) in [5, 5.41) is 6.22. The lowest BCUT2D eigenvalue weighted by Gasteiger charge is -2.28. The molecule has 1 saturated carbocycles. The predicted octanol–water partition coefficient (Wildman–Crippen LogP) is 3.40. The van der Waals surface area contributed by atoms with Crippen LogP contribution in [0.1, 0.15) is 80.1 Å². The molecule has 0 radical (unpaired) electrons. The first kappa shape index (κ1) is 19.0. The Morgan fingerprint density at radius 2 is 1.59 bits per heavy atom. The van der Waals surface area contributed by atoms with Gasteiger partial charge in [0, 0.05) is 22.9 Å². The van der Waals surface area contributed by atoms with Gasteiger partial charge in [-0.15, -0.1) is 0 Å². The summed E-state index contributed by atoms with van der Waals surface area (Å²) in [4.78, 5) is 24.4. The molecule has 1 aliphatic rings. The highest BCUT2D eigenvalue weighted by molar-refractivity contribution is 5.82. The Balaban J connectivity index is 2.40. The van der Waals surface area contributed by atoms with E-state index in [1.54, 1.807) is 0 Å². The number of carbonyl (C=O) groups is 2. The summed E-state index contributed by atoms with van der Waals surface area (Å²) in [5.41, 5.74) is -0.757. The minimum absolute atomic E-state index is 0.0632. The van der Waals surface area contributed by atoms with E-state index >= 15 is 0 Å². The zero-order valence-electron chi connectivity index (χ0n) is 15.2. The highest BCUT2D eigenvalue weighted by Crippen LogP contribution is 2.26. The molecule has 0 bridgehead atoms. The molecule has 4 heteroatoms. The molecular weight excluding hydrogens is 276 g/mol. The maximum Gasteiger partial charge on any atom is 0.225 e. The molecule has 0 saturated heterocycles. The van der Waals surface area contributed by atoms with Gasteiger partial charge in [0.15, 0.2) is 0 Å². The number of hydrogen-bond donors (Lipinski definition) is 2. The molecular formula is C18H34N2O2. The molecule has 0 aliphatic heterocycles. The summed E-state index contributed by atoms with van der Waals surface area (Å²) < 4.78 is 0. The van der Waals surface area contributed by atoms with Gasteiger partial charge in [0.25, 0.3) is 0 Å². The number of amides is 2. The topological polar surface area (TPSA) is 58.2 Å². The first-order valence-electron chi connectivity index (χ1n) is 8.64. The monoisotopic (exact) mass is 310 g/mol. The third kappa shape index (κ3) is 5.98. The first-order chi connectivity index (χ1) is 10.0. The fraction of sp³-hybridized carbons (Fsp3) is 0.889. The number of carbonyl (C=O) groups excluding carboxylic acids is 2. The van der Waals surface area contributed by atoms with Crippen LogP contribution in [0.3, 0.4) is 0 Å². The van der Waals surface area contributed by atoms with Gasteiger partial charge in [-0.3, -0.25) is 9.59 Å². The summed E-state index contributed by atoms with van der Waals surface area (Å²) >= 11 is 0. The molecule has 0 spiro atoms. The highest BCUT2D eigenvalue weighted by Gasteiger charge is 2.31. The van der Waals surface area contributed by atoms with Crippen LogP contribution < -0.4 is 10.6 Å². The second-order valence-corrected chi connectivity index (χ2v) is 8.50. The van der Waals surface area contributed by atoms with E-state index in [-0.39, 0.29) is 28.7 Å². The molecule has 2 amide bonds. The smallest absolute Gasteiger partial charge is 0.225 e. The van der Waals surface area contributed by atoms with E-state index < -0.39 is 0 Å². The third-order valence-corrected chi connectivity index (χ3v) is 4.57. The number of hydrogen-bond acceptors (Lipinski definition) is 2. The van der Waals surface area contributed by atoms with Crippen molar-refractivity contribution < 1.29 is 9.59 Å². The second kappa shape index (κ2) is 7.47. The predicted molar refractivity (Wildman–Crippen MR) is 90.5 cm³/mol. The average molecular weight is 310 g/mol. The van der Waals surface area contributed by atoms with Crippen molar-refractivity contribution in [2.75, 3.05) is 0 Å². The first-order valence-corrected chi connectivity index (χ1v) is 8.64. The minimum Gasteiger partial charge on any atom is -0.353 e. The van der Waals surface area contributed by atoms with Crippen molar-refractivity contribution in [1.29, 1.82) is 0 Å². The van der Waals surface area contributed by atoms with Crippen LogP contribution in [-0.4, -0.2) is 23.9 Å². The van der Waals surface area contributed by atoms with Crippen molar-refractivity contribution >= 4 is 11.8 Å². The van der Waals surface area contributed by atoms with Crippen molar-refractivity contribution in [2.24, 2.45) is 10.8 Å². The van der Waals surface area contributed by atoms with Crippen LogP contribution in [0.5, 0.6) is 0 Å². The molecule has 2 N–H and O–H groups in total. The third-order valence-electron chi connectivity index (χ3n) is 4.57. The van der Waals surface area contributed by atoms with Crippen LogP contribution in [0.15, 0.2) is 0 Å². The molecule has 0 heterocycles. The largest absolute Gasteiger partial charge is 0.353 e. The SMILES string of the molecule is CC(CCC(C)(C)C(=O)NC1CCCC1)NC(=O)C(C)(C)C. The summed E-state index contributed by atoms with van der Waals surface area (Å²) in [5.74, 6) is 0.210. The van der Waals surface area contributed by atoms with Gasteiger partial charge in [-0.2, -0.15) is 0 Å². The molecule has 1 aliphatic carbocycles. The van der Waals surface area contributed by atoms with E-state index in [0.29, 0.717) is 6.04 Å². The Morgan fingerprint density at radius 3 is 2.09 bits per heavy atom. The Labute approximate surface area is 135 Å². The van der Waals surface area contributed by atoms with Crippen molar-refractivity contribution in [3.63, 3.8) is 0 Å². The van der Waals surface area contributed by atoms with Crippen LogP contribution in [0, 0.1) is 10.8 Å². The van der Waals surface area contributed by atoms with E-state index in [9.17, 15) is 9.59 Å². The Hall–Kier alpha value is -1.06. The number of nitrogens with one attached hydrogen (secondary N) is 2. The van der Waals surface area contributed by atoms with Gasteiger partial charge in [-0.1, -0.05) is 47.5 Å². The highest BCUT2D eigenvalue weighted by atomic mass is 16.2. The summed E-state index contributed by atoms with van der Waals surface area (Å²) in [6, 6.07) is 0.454. The van der Waals surface area contributed by atoms with Gasteiger partial charge in [0.1, 0.15) is 0 Å². The van der Waals surface area contributed by atoms with Gasteiger partial charge in [0.2, 0.25) is 11.8 Å². The quantitative estimate of drug-likeness (QED) is 0.790. The normalized spacial score (nSPS) is 18.1. The Morgan fingerprint density at radius 1 is 1.05 bits per heavy atom. The fourth-order valence-electron chi connectivity index (χ4n) is 2.65. The lowest BCUT2D eigenvalue weighted by atomic mass is 9.85. The maximum atomic E-state index is 12.4. The molecule has 22 heavy (non-hydrogen) atoms. The molecule has 128 valence electrons. The van der Waals surface area contributed by atoms with Gasteiger partial charge < -0.3 is 10.6 Å². The summed E-state index contributed by atoms with van der Waals surface area (Å²) in [6.07, 6.45) is 6.26. The Bertz CT molecular complexity index is 390. The van der Waals surface area contributed by atoms with Gasteiger partial charge in [0.05, 0.1) is 0 Å². The van der Waals surface area contributed by atoms with Crippen LogP contribution in [0.4, 0.5) is 0 Å². The lowest BCUT2D eigenvalue weighted by molar-refractivity contribution is -0.130. The van der Waals surface area contributed by atoms with Gasteiger partial charge in [-0.05, 0) is 32.6 Å². The maximum absolute atomic E-state index is 12.4. The van der Waals surface area contributed by atoms with Crippen molar-refractivity contribution in [3.05, 3.63) is 0 Å². The minimum atomic E-state index is -0.386. The molecule has 4 nitrogen and oxygen atoms in total. The van der Waals surface area contributed by atoms with Crippen LogP contribution >= 0.6 is 0 Å². The van der Waals surface area contributed by atoms with Crippen molar-refractivity contribution in [1.82, 2.24) is 10.6 Å². The van der Waals surface area contributed by atoms with E-state index in [1.165, 1.54) is 12.8 Å². The average Bonchev–Trinajstić information content (AvgIpc) is 2.88. The summed E-state index contributed by atoms with van der Waals surface area (Å²) in [6.45, 7) is 11.7. The second-order valence-electron chi connectivity index (χ2n) is 8.50. The van der Waals surface area contributed by atoms with Crippen LogP contribution in [0.2, 0.25) is 0 Å². The molecule has 0 aromatic carbocycles. The molecule has 0 aromatic heterocycles. The van der Waals surface area contributed by atoms with Crippen molar-refractivity contribution in [2.45, 2.75) is 92.2 Å². The fourth-order valence-corrected chi connectivity index (χ4v) is 2.65. The van der Waals surface area contributed by atoms with E-state index in [4.69, 9.17) is 0 Å². The van der Waals surface area contributed by atoms with Crippen molar-refractivity contribution in [3.8, 4) is 0 Å². The van der Waals surface area contributed by atoms with Gasteiger partial charge >= 0.3 is 0 Å². The molecule has 1 fully saturated rings. The summed E-state index contributed by atoms with van der Waals surface area (Å²) in [7, 11) is 0. The molecule has 1 rings (SSSR count). The molecule has 1 unspecified atom stereocenters. The van der Waals surface area contributed by atoms with E-state index in [1.807, 2.05) is 41.5 Å². The lowest BCUT2D eigenvalue weighted by Crippen LogP contribution is -2.44. The van der Waals surface area contributed by atoms with Crippen LogP contribution in [-0.2, 0) is 9.59 Å². The number of rotatable bonds is 6. The van der Waals surface area contributed by atoms with E-state index in [2.05, 4.69) is 10.6 Å².